The Hall–Kier alpha value is -1.79. The quantitative estimate of drug-likeness (QED) is 0.901. The van der Waals surface area contributed by atoms with Gasteiger partial charge in [0.1, 0.15) is 5.60 Å². The van der Waals surface area contributed by atoms with Crippen LogP contribution in [-0.4, -0.2) is 33.1 Å². The number of thioether (sulfide) groups is 1. The van der Waals surface area contributed by atoms with Gasteiger partial charge in [-0.25, -0.2) is 0 Å². The highest BCUT2D eigenvalue weighted by atomic mass is 32.2. The average Bonchev–Trinajstić information content (AvgIpc) is 2.78. The maximum absolute atomic E-state index is 12.5. The molecule has 0 bridgehead atoms. The van der Waals surface area contributed by atoms with Crippen molar-refractivity contribution in [3.8, 4) is 0 Å². The number of nitrogens with one attached hydrogen (secondary N) is 1. The number of aromatic nitrogens is 2. The maximum Gasteiger partial charge on any atom is 0.255 e. The van der Waals surface area contributed by atoms with Gasteiger partial charge < -0.3 is 10.4 Å². The standard InChI is InChI=1S/C17H21N3O2S/c1-11-15(12(2)20(3)19-11)16(21)18-9-17(22)10-23-8-13-6-4-5-7-14(13)17/h4-7,22H,8-10H2,1-3H3,(H,18,21). The molecule has 1 atom stereocenters. The van der Waals surface area contributed by atoms with Crippen LogP contribution in [0.2, 0.25) is 0 Å². The molecule has 5 nitrogen and oxygen atoms in total. The maximum atomic E-state index is 12.5. The van der Waals surface area contributed by atoms with Gasteiger partial charge in [0.25, 0.3) is 5.91 Å². The zero-order valence-electron chi connectivity index (χ0n) is 13.6. The highest BCUT2D eigenvalue weighted by molar-refractivity contribution is 7.98. The van der Waals surface area contributed by atoms with Crippen LogP contribution in [0.3, 0.4) is 0 Å². The number of hydrogen-bond donors (Lipinski definition) is 2. The van der Waals surface area contributed by atoms with Crippen LogP contribution in [0.15, 0.2) is 24.3 Å². The predicted octanol–water partition coefficient (Wildman–Crippen LogP) is 1.90. The lowest BCUT2D eigenvalue weighted by Gasteiger charge is -2.34. The van der Waals surface area contributed by atoms with Crippen molar-refractivity contribution in [1.29, 1.82) is 0 Å². The summed E-state index contributed by atoms with van der Waals surface area (Å²) in [6.07, 6.45) is 0. The summed E-state index contributed by atoms with van der Waals surface area (Å²) in [5.41, 5.74) is 3.14. The van der Waals surface area contributed by atoms with E-state index in [0.29, 0.717) is 17.0 Å². The summed E-state index contributed by atoms with van der Waals surface area (Å²) in [6, 6.07) is 7.88. The number of rotatable bonds is 3. The fourth-order valence-corrected chi connectivity index (χ4v) is 4.24. The van der Waals surface area contributed by atoms with E-state index in [2.05, 4.69) is 10.4 Å². The van der Waals surface area contributed by atoms with E-state index in [1.165, 1.54) is 0 Å². The molecule has 0 saturated heterocycles. The number of aryl methyl sites for hydroxylation is 2. The Morgan fingerprint density at radius 3 is 2.87 bits per heavy atom. The highest BCUT2D eigenvalue weighted by Crippen LogP contribution is 2.35. The second-order valence-electron chi connectivity index (χ2n) is 6.03. The second kappa shape index (κ2) is 6.02. The molecule has 1 aliphatic heterocycles. The van der Waals surface area contributed by atoms with Crippen molar-refractivity contribution in [3.63, 3.8) is 0 Å². The Bertz CT molecular complexity index is 756. The number of carbonyl (C=O) groups is 1. The van der Waals surface area contributed by atoms with Crippen LogP contribution in [0.25, 0.3) is 0 Å². The van der Waals surface area contributed by atoms with E-state index >= 15 is 0 Å². The first-order chi connectivity index (χ1) is 10.9. The lowest BCUT2D eigenvalue weighted by molar-refractivity contribution is 0.0551. The molecule has 2 aromatic rings. The first-order valence-corrected chi connectivity index (χ1v) is 8.75. The number of fused-ring (bicyclic) bond motifs is 1. The molecular formula is C17H21N3O2S. The molecule has 1 aliphatic rings. The van der Waals surface area contributed by atoms with Gasteiger partial charge in [0.15, 0.2) is 0 Å². The van der Waals surface area contributed by atoms with Crippen LogP contribution in [-0.2, 0) is 18.4 Å². The van der Waals surface area contributed by atoms with Crippen molar-refractivity contribution in [2.45, 2.75) is 25.2 Å². The van der Waals surface area contributed by atoms with E-state index in [1.54, 1.807) is 16.4 Å². The van der Waals surface area contributed by atoms with Gasteiger partial charge in [-0.05, 0) is 25.0 Å². The van der Waals surface area contributed by atoms with E-state index in [1.807, 2.05) is 45.2 Å². The van der Waals surface area contributed by atoms with Crippen LogP contribution >= 0.6 is 11.8 Å². The summed E-state index contributed by atoms with van der Waals surface area (Å²) < 4.78 is 1.70. The normalized spacial score (nSPS) is 20.2. The van der Waals surface area contributed by atoms with Crippen molar-refractivity contribution in [1.82, 2.24) is 15.1 Å². The third kappa shape index (κ3) is 2.88. The molecule has 1 amide bonds. The van der Waals surface area contributed by atoms with E-state index in [0.717, 1.165) is 22.6 Å². The van der Waals surface area contributed by atoms with Gasteiger partial charge >= 0.3 is 0 Å². The van der Waals surface area contributed by atoms with Crippen molar-refractivity contribution in [2.24, 2.45) is 7.05 Å². The number of nitrogens with zero attached hydrogens (tertiary/aromatic N) is 2. The molecule has 122 valence electrons. The third-order valence-electron chi connectivity index (χ3n) is 4.39. The molecule has 0 aliphatic carbocycles. The Morgan fingerprint density at radius 2 is 2.17 bits per heavy atom. The fraction of sp³-hybridized carbons (Fsp3) is 0.412. The van der Waals surface area contributed by atoms with Crippen molar-refractivity contribution >= 4 is 17.7 Å². The van der Waals surface area contributed by atoms with E-state index in [9.17, 15) is 9.90 Å². The summed E-state index contributed by atoms with van der Waals surface area (Å²) in [6.45, 7) is 3.89. The van der Waals surface area contributed by atoms with Crippen molar-refractivity contribution in [3.05, 3.63) is 52.3 Å². The van der Waals surface area contributed by atoms with Gasteiger partial charge in [-0.1, -0.05) is 24.3 Å². The minimum absolute atomic E-state index is 0.186. The fourth-order valence-electron chi connectivity index (χ4n) is 3.07. The number of aliphatic hydroxyl groups is 1. The lowest BCUT2D eigenvalue weighted by atomic mass is 9.91. The minimum Gasteiger partial charge on any atom is -0.382 e. The molecule has 0 spiro atoms. The summed E-state index contributed by atoms with van der Waals surface area (Å²) in [7, 11) is 1.82. The van der Waals surface area contributed by atoms with Gasteiger partial charge in [0.05, 0.1) is 17.8 Å². The van der Waals surface area contributed by atoms with Gasteiger partial charge in [-0.15, -0.1) is 0 Å². The highest BCUT2D eigenvalue weighted by Gasteiger charge is 2.35. The number of benzene rings is 1. The summed E-state index contributed by atoms with van der Waals surface area (Å²) in [5.74, 6) is 1.29. The molecule has 23 heavy (non-hydrogen) atoms. The number of amides is 1. The van der Waals surface area contributed by atoms with E-state index in [4.69, 9.17) is 0 Å². The Kier molecular flexibility index (Phi) is 4.21. The molecule has 3 rings (SSSR count). The van der Waals surface area contributed by atoms with Gasteiger partial charge in [0, 0.05) is 24.2 Å². The molecule has 0 radical (unpaired) electrons. The SMILES string of the molecule is Cc1nn(C)c(C)c1C(=O)NCC1(O)CSCc2ccccc21. The minimum atomic E-state index is -1.03. The van der Waals surface area contributed by atoms with Crippen molar-refractivity contribution < 1.29 is 9.90 Å². The first-order valence-electron chi connectivity index (χ1n) is 7.59. The zero-order chi connectivity index (χ0) is 16.6. The summed E-state index contributed by atoms with van der Waals surface area (Å²) >= 11 is 1.68. The van der Waals surface area contributed by atoms with Crippen LogP contribution in [0.1, 0.15) is 32.9 Å². The topological polar surface area (TPSA) is 67.2 Å². The molecule has 2 heterocycles. The molecule has 2 N–H and O–H groups in total. The van der Waals surface area contributed by atoms with Crippen LogP contribution in [0.4, 0.5) is 0 Å². The Morgan fingerprint density at radius 1 is 1.43 bits per heavy atom. The lowest BCUT2D eigenvalue weighted by Crippen LogP contribution is -2.44. The Balaban J connectivity index is 1.80. The molecule has 0 fully saturated rings. The average molecular weight is 331 g/mol. The first kappa shape index (κ1) is 16.1. The summed E-state index contributed by atoms with van der Waals surface area (Å²) in [5, 5.41) is 18.2. The van der Waals surface area contributed by atoms with Gasteiger partial charge in [-0.2, -0.15) is 16.9 Å². The monoisotopic (exact) mass is 331 g/mol. The van der Waals surface area contributed by atoms with Gasteiger partial charge in [-0.3, -0.25) is 9.48 Å². The zero-order valence-corrected chi connectivity index (χ0v) is 14.4. The molecule has 1 aromatic heterocycles. The van der Waals surface area contributed by atoms with E-state index < -0.39 is 5.60 Å². The number of hydrogen-bond acceptors (Lipinski definition) is 4. The summed E-state index contributed by atoms with van der Waals surface area (Å²) in [4.78, 5) is 12.5. The van der Waals surface area contributed by atoms with Crippen molar-refractivity contribution in [2.75, 3.05) is 12.3 Å². The smallest absolute Gasteiger partial charge is 0.255 e. The largest absolute Gasteiger partial charge is 0.382 e. The molecule has 6 heteroatoms. The number of carbonyl (C=O) groups excluding carboxylic acids is 1. The van der Waals surface area contributed by atoms with Crippen LogP contribution < -0.4 is 5.32 Å². The molecule has 1 aromatic carbocycles. The molecule has 1 unspecified atom stereocenters. The van der Waals surface area contributed by atoms with Crippen LogP contribution in [0, 0.1) is 13.8 Å². The molecule has 0 saturated carbocycles. The second-order valence-corrected chi connectivity index (χ2v) is 7.02. The molecular weight excluding hydrogens is 310 g/mol. The van der Waals surface area contributed by atoms with Crippen LogP contribution in [0.5, 0.6) is 0 Å². The van der Waals surface area contributed by atoms with Gasteiger partial charge in [0.2, 0.25) is 0 Å². The van der Waals surface area contributed by atoms with E-state index in [-0.39, 0.29) is 12.5 Å². The predicted molar refractivity (Wildman–Crippen MR) is 91.5 cm³/mol. The third-order valence-corrected chi connectivity index (χ3v) is 5.59. The Labute approximate surface area is 140 Å².